The molecular formula is C13H16O6. The van der Waals surface area contributed by atoms with Gasteiger partial charge < -0.3 is 20.1 Å². The summed E-state index contributed by atoms with van der Waals surface area (Å²) in [5.74, 6) is -1.77. The molecule has 0 radical (unpaired) electrons. The third-order valence-electron chi connectivity index (χ3n) is 2.80. The first kappa shape index (κ1) is 15.1. The zero-order valence-electron chi connectivity index (χ0n) is 10.7. The highest BCUT2D eigenvalue weighted by Gasteiger charge is 2.23. The molecule has 0 amide bonds. The molecule has 0 aliphatic rings. The second kappa shape index (κ2) is 6.31. The summed E-state index contributed by atoms with van der Waals surface area (Å²) < 4.78 is 4.38. The monoisotopic (exact) mass is 268 g/mol. The maximum Gasteiger partial charge on any atom is 0.335 e. The average molecular weight is 268 g/mol. The molecular weight excluding hydrogens is 252 g/mol. The lowest BCUT2D eigenvalue weighted by atomic mass is 9.97. The van der Waals surface area contributed by atoms with Crippen molar-refractivity contribution >= 4 is 11.9 Å². The molecule has 1 rings (SSSR count). The number of carbonyl (C=O) groups excluding carboxylic acids is 1. The van der Waals surface area contributed by atoms with Gasteiger partial charge in [-0.2, -0.15) is 0 Å². The van der Waals surface area contributed by atoms with E-state index in [2.05, 4.69) is 4.74 Å². The van der Waals surface area contributed by atoms with Crippen LogP contribution in [-0.4, -0.2) is 40.5 Å². The van der Waals surface area contributed by atoms with Crippen LogP contribution in [0.5, 0.6) is 0 Å². The zero-order valence-corrected chi connectivity index (χ0v) is 10.7. The minimum atomic E-state index is -1.35. The van der Waals surface area contributed by atoms with Gasteiger partial charge in [0.2, 0.25) is 0 Å². The molecule has 0 saturated heterocycles. The summed E-state index contributed by atoms with van der Waals surface area (Å²) >= 11 is 0. The number of benzene rings is 1. The number of carbonyl (C=O) groups is 2. The summed E-state index contributed by atoms with van der Waals surface area (Å²) in [5.41, 5.74) is 0.826. The van der Waals surface area contributed by atoms with Crippen LogP contribution in [0.25, 0.3) is 0 Å². The first-order valence-corrected chi connectivity index (χ1v) is 5.63. The molecule has 2 atom stereocenters. The van der Waals surface area contributed by atoms with Crippen molar-refractivity contribution in [3.8, 4) is 0 Å². The van der Waals surface area contributed by atoms with Gasteiger partial charge in [-0.3, -0.25) is 4.79 Å². The Morgan fingerprint density at radius 2 is 1.95 bits per heavy atom. The van der Waals surface area contributed by atoms with Gasteiger partial charge in [-0.15, -0.1) is 0 Å². The van der Waals surface area contributed by atoms with Crippen LogP contribution in [-0.2, 0) is 9.53 Å². The number of ether oxygens (including phenoxy) is 1. The maximum absolute atomic E-state index is 11.0. The molecule has 0 bridgehead atoms. The summed E-state index contributed by atoms with van der Waals surface area (Å²) in [6.45, 7) is 1.63. The summed E-state index contributed by atoms with van der Waals surface area (Å²) in [6, 6.07) is 4.32. The fourth-order valence-electron chi connectivity index (χ4n) is 1.64. The van der Waals surface area contributed by atoms with Crippen molar-refractivity contribution in [2.45, 2.75) is 25.6 Å². The van der Waals surface area contributed by atoms with Gasteiger partial charge in [0.25, 0.3) is 0 Å². The molecule has 1 aromatic rings. The van der Waals surface area contributed by atoms with Gasteiger partial charge in [-0.05, 0) is 24.1 Å². The van der Waals surface area contributed by atoms with Crippen LogP contribution < -0.4 is 0 Å². The molecule has 0 aliphatic carbocycles. The third kappa shape index (κ3) is 3.77. The lowest BCUT2D eigenvalue weighted by Crippen LogP contribution is -2.23. The van der Waals surface area contributed by atoms with E-state index < -0.39 is 24.1 Å². The summed E-state index contributed by atoms with van der Waals surface area (Å²) in [4.78, 5) is 22.0. The minimum Gasteiger partial charge on any atom is -0.478 e. The van der Waals surface area contributed by atoms with Crippen LogP contribution in [0.2, 0.25) is 0 Å². The number of methoxy groups -OCH3 is 1. The van der Waals surface area contributed by atoms with E-state index in [1.54, 1.807) is 6.92 Å². The Balaban J connectivity index is 2.93. The number of aliphatic hydroxyl groups is 2. The molecule has 6 nitrogen and oxygen atoms in total. The molecule has 104 valence electrons. The van der Waals surface area contributed by atoms with E-state index in [-0.39, 0.29) is 17.5 Å². The first-order chi connectivity index (χ1) is 8.86. The van der Waals surface area contributed by atoms with E-state index in [9.17, 15) is 19.8 Å². The third-order valence-corrected chi connectivity index (χ3v) is 2.80. The van der Waals surface area contributed by atoms with Crippen molar-refractivity contribution in [1.82, 2.24) is 0 Å². The van der Waals surface area contributed by atoms with Crippen molar-refractivity contribution in [2.75, 3.05) is 7.11 Å². The Hall–Kier alpha value is -1.92. The molecule has 0 fully saturated rings. The van der Waals surface area contributed by atoms with Gasteiger partial charge in [0, 0.05) is 0 Å². The van der Waals surface area contributed by atoms with E-state index in [1.165, 1.54) is 25.3 Å². The predicted molar refractivity (Wildman–Crippen MR) is 65.7 cm³/mol. The largest absolute Gasteiger partial charge is 0.478 e. The lowest BCUT2D eigenvalue weighted by Gasteiger charge is -2.18. The zero-order chi connectivity index (χ0) is 14.6. The normalized spacial score (nSPS) is 13.7. The highest BCUT2D eigenvalue weighted by molar-refractivity contribution is 5.89. The number of carboxylic acids is 1. The summed E-state index contributed by atoms with van der Waals surface area (Å²) in [5, 5.41) is 28.5. The van der Waals surface area contributed by atoms with Crippen molar-refractivity contribution in [1.29, 1.82) is 0 Å². The van der Waals surface area contributed by atoms with Crippen molar-refractivity contribution in [3.63, 3.8) is 0 Å². The number of esters is 1. The second-order valence-corrected chi connectivity index (χ2v) is 4.17. The van der Waals surface area contributed by atoms with Crippen LogP contribution >= 0.6 is 0 Å². The van der Waals surface area contributed by atoms with Crippen molar-refractivity contribution in [3.05, 3.63) is 34.9 Å². The van der Waals surface area contributed by atoms with E-state index in [4.69, 9.17) is 5.11 Å². The molecule has 0 aromatic heterocycles. The molecule has 0 heterocycles. The number of rotatable bonds is 5. The standard InChI is InChI=1S/C13H16O6/c1-7-3-4-8(5-9(7)13(17)18)12(16)10(14)6-11(15)19-2/h3-5,10,12,14,16H,6H2,1-2H3,(H,17,18). The average Bonchev–Trinajstić information content (AvgIpc) is 2.37. The Morgan fingerprint density at radius 1 is 1.32 bits per heavy atom. The van der Waals surface area contributed by atoms with Crippen LogP contribution in [0.1, 0.15) is 34.0 Å². The van der Waals surface area contributed by atoms with Crippen molar-refractivity contribution in [2.24, 2.45) is 0 Å². The fourth-order valence-corrected chi connectivity index (χ4v) is 1.64. The Kier molecular flexibility index (Phi) is 5.02. The first-order valence-electron chi connectivity index (χ1n) is 5.63. The van der Waals surface area contributed by atoms with Crippen LogP contribution in [0, 0.1) is 6.92 Å². The van der Waals surface area contributed by atoms with Crippen LogP contribution in [0.3, 0.4) is 0 Å². The van der Waals surface area contributed by atoms with Crippen molar-refractivity contribution < 1.29 is 29.6 Å². The number of carboxylic acid groups (broad SMARTS) is 1. The van der Waals surface area contributed by atoms with Gasteiger partial charge >= 0.3 is 11.9 Å². The molecule has 1 aromatic carbocycles. The van der Waals surface area contributed by atoms with E-state index in [0.717, 1.165) is 0 Å². The van der Waals surface area contributed by atoms with E-state index in [1.807, 2.05) is 0 Å². The lowest BCUT2D eigenvalue weighted by molar-refractivity contribution is -0.144. The molecule has 3 N–H and O–H groups in total. The highest BCUT2D eigenvalue weighted by Crippen LogP contribution is 2.22. The van der Waals surface area contributed by atoms with Gasteiger partial charge in [0.1, 0.15) is 6.10 Å². The molecule has 19 heavy (non-hydrogen) atoms. The number of hydrogen-bond donors (Lipinski definition) is 3. The van der Waals surface area contributed by atoms with Crippen LogP contribution in [0.4, 0.5) is 0 Å². The smallest absolute Gasteiger partial charge is 0.335 e. The molecule has 6 heteroatoms. The maximum atomic E-state index is 11.0. The molecule has 0 spiro atoms. The summed E-state index contributed by atoms with van der Waals surface area (Å²) in [6.07, 6.45) is -3.07. The quantitative estimate of drug-likeness (QED) is 0.677. The second-order valence-electron chi connectivity index (χ2n) is 4.17. The van der Waals surface area contributed by atoms with Gasteiger partial charge in [0.15, 0.2) is 0 Å². The SMILES string of the molecule is COC(=O)CC(O)C(O)c1ccc(C)c(C(=O)O)c1. The Labute approximate surface area is 110 Å². The fraction of sp³-hybridized carbons (Fsp3) is 0.385. The van der Waals surface area contributed by atoms with Gasteiger partial charge in [0.05, 0.1) is 25.2 Å². The Bertz CT molecular complexity index is 482. The van der Waals surface area contributed by atoms with E-state index in [0.29, 0.717) is 5.56 Å². The highest BCUT2D eigenvalue weighted by atomic mass is 16.5. The van der Waals surface area contributed by atoms with Crippen LogP contribution in [0.15, 0.2) is 18.2 Å². The molecule has 0 aliphatic heterocycles. The van der Waals surface area contributed by atoms with Gasteiger partial charge in [-0.25, -0.2) is 4.79 Å². The number of aromatic carboxylic acids is 1. The minimum absolute atomic E-state index is 0.0434. The number of aliphatic hydroxyl groups excluding tert-OH is 2. The number of aryl methyl sites for hydroxylation is 1. The summed E-state index contributed by atoms with van der Waals surface area (Å²) in [7, 11) is 1.18. The van der Waals surface area contributed by atoms with Gasteiger partial charge in [-0.1, -0.05) is 12.1 Å². The predicted octanol–water partition coefficient (Wildman–Crippen LogP) is 0.651. The topological polar surface area (TPSA) is 104 Å². The Morgan fingerprint density at radius 3 is 2.47 bits per heavy atom. The molecule has 2 unspecified atom stereocenters. The molecule has 0 saturated carbocycles. The van der Waals surface area contributed by atoms with E-state index >= 15 is 0 Å². The number of hydrogen-bond acceptors (Lipinski definition) is 5.